The normalized spacial score (nSPS) is 23.7. The van der Waals surface area contributed by atoms with E-state index in [1.54, 1.807) is 11.8 Å². The SMILES string of the molecule is CSC1=NN2C(c3ccc(C)cc3C)CC(c3ccc(Oc4ccccc4)cc3)NC2C1C#N. The minimum Gasteiger partial charge on any atom is -0.457 e. The number of benzene rings is 3. The number of rotatable bonds is 4. The van der Waals surface area contributed by atoms with Gasteiger partial charge in [-0.25, -0.2) is 0 Å². The second-order valence-corrected chi connectivity index (χ2v) is 9.72. The van der Waals surface area contributed by atoms with Crippen molar-refractivity contribution in [3.8, 4) is 17.6 Å². The van der Waals surface area contributed by atoms with Crippen LogP contribution in [0.2, 0.25) is 0 Å². The van der Waals surface area contributed by atoms with Crippen LogP contribution in [-0.4, -0.2) is 22.5 Å². The molecule has 0 spiro atoms. The molecule has 2 aliphatic rings. The van der Waals surface area contributed by atoms with E-state index in [4.69, 9.17) is 9.84 Å². The number of thioether (sulfide) groups is 1. The Morgan fingerprint density at radius 1 is 1.03 bits per heavy atom. The molecule has 1 N–H and O–H groups in total. The summed E-state index contributed by atoms with van der Waals surface area (Å²) >= 11 is 1.56. The zero-order valence-electron chi connectivity index (χ0n) is 19.6. The van der Waals surface area contributed by atoms with Crippen molar-refractivity contribution in [1.29, 1.82) is 5.26 Å². The lowest BCUT2D eigenvalue weighted by Crippen LogP contribution is -2.52. The Balaban J connectivity index is 1.45. The molecule has 3 aromatic carbocycles. The number of fused-ring (bicyclic) bond motifs is 1. The quantitative estimate of drug-likeness (QED) is 0.485. The van der Waals surface area contributed by atoms with E-state index in [1.165, 1.54) is 22.3 Å². The maximum absolute atomic E-state index is 9.96. The topological polar surface area (TPSA) is 60.6 Å². The van der Waals surface area contributed by atoms with Crippen molar-refractivity contribution in [2.75, 3.05) is 6.26 Å². The third-order valence-corrected chi connectivity index (χ3v) is 7.38. The fourth-order valence-electron chi connectivity index (χ4n) is 4.96. The minimum atomic E-state index is -0.285. The van der Waals surface area contributed by atoms with Gasteiger partial charge in [0, 0.05) is 6.04 Å². The summed E-state index contributed by atoms with van der Waals surface area (Å²) in [6.07, 6.45) is 2.71. The smallest absolute Gasteiger partial charge is 0.131 e. The molecule has 4 atom stereocenters. The standard InChI is InChI=1S/C28H28N4OS/c1-18-9-14-23(19(2)15-18)26-16-25(30-27-24(17-29)28(34-3)31-32(26)27)20-10-12-22(13-11-20)33-21-7-5-4-6-8-21/h4-15,24-27,30H,16H2,1-3H3. The molecule has 3 aromatic rings. The van der Waals surface area contributed by atoms with Crippen LogP contribution in [0.4, 0.5) is 0 Å². The molecule has 0 aliphatic carbocycles. The van der Waals surface area contributed by atoms with Gasteiger partial charge in [0.05, 0.1) is 12.1 Å². The summed E-state index contributed by atoms with van der Waals surface area (Å²) in [5, 5.41) is 21.6. The van der Waals surface area contributed by atoms with Crippen LogP contribution in [0.3, 0.4) is 0 Å². The fourth-order valence-corrected chi connectivity index (χ4v) is 5.57. The largest absolute Gasteiger partial charge is 0.457 e. The number of nitrogens with one attached hydrogen (secondary N) is 1. The molecule has 0 aromatic heterocycles. The molecule has 0 saturated carbocycles. The first kappa shape index (κ1) is 22.5. The van der Waals surface area contributed by atoms with Crippen molar-refractivity contribution in [2.24, 2.45) is 11.0 Å². The lowest BCUT2D eigenvalue weighted by molar-refractivity contribution is 0.0539. The van der Waals surface area contributed by atoms with Crippen molar-refractivity contribution >= 4 is 16.8 Å². The lowest BCUT2D eigenvalue weighted by atomic mass is 9.88. The zero-order valence-corrected chi connectivity index (χ0v) is 20.4. The highest BCUT2D eigenvalue weighted by atomic mass is 32.2. The summed E-state index contributed by atoms with van der Waals surface area (Å²) in [6.45, 7) is 4.29. The number of nitriles is 1. The first-order valence-corrected chi connectivity index (χ1v) is 12.8. The second-order valence-electron chi connectivity index (χ2n) is 8.89. The lowest BCUT2D eigenvalue weighted by Gasteiger charge is -2.43. The molecule has 0 radical (unpaired) electrons. The molecule has 6 heteroatoms. The van der Waals surface area contributed by atoms with E-state index in [-0.39, 0.29) is 24.2 Å². The maximum atomic E-state index is 9.96. The van der Waals surface area contributed by atoms with Crippen molar-refractivity contribution in [2.45, 2.75) is 38.5 Å². The van der Waals surface area contributed by atoms with Crippen molar-refractivity contribution in [3.63, 3.8) is 0 Å². The molecule has 172 valence electrons. The fraction of sp³-hybridized carbons (Fsp3) is 0.286. The number of aryl methyl sites for hydroxylation is 2. The Morgan fingerprint density at radius 3 is 2.44 bits per heavy atom. The molecule has 1 saturated heterocycles. The van der Waals surface area contributed by atoms with Crippen LogP contribution < -0.4 is 10.1 Å². The van der Waals surface area contributed by atoms with Crippen LogP contribution in [0, 0.1) is 31.1 Å². The van der Waals surface area contributed by atoms with Gasteiger partial charge in [0.2, 0.25) is 0 Å². The molecule has 5 nitrogen and oxygen atoms in total. The Morgan fingerprint density at radius 2 is 1.76 bits per heavy atom. The number of ether oxygens (including phenoxy) is 1. The molecule has 4 unspecified atom stereocenters. The highest BCUT2D eigenvalue weighted by molar-refractivity contribution is 8.13. The molecule has 2 aliphatic heterocycles. The Kier molecular flexibility index (Phi) is 6.32. The molecule has 0 amide bonds. The van der Waals surface area contributed by atoms with Crippen LogP contribution >= 0.6 is 11.8 Å². The Hall–Kier alpha value is -3.27. The number of nitrogens with zero attached hydrogens (tertiary/aromatic N) is 3. The summed E-state index contributed by atoms with van der Waals surface area (Å²) in [5.41, 5.74) is 4.97. The van der Waals surface area contributed by atoms with Gasteiger partial charge in [-0.3, -0.25) is 10.3 Å². The minimum absolute atomic E-state index is 0.0950. The Labute approximate surface area is 205 Å². The van der Waals surface area contributed by atoms with Gasteiger partial charge in [-0.15, -0.1) is 11.8 Å². The molecular weight excluding hydrogens is 440 g/mol. The first-order valence-electron chi connectivity index (χ1n) is 11.5. The molecule has 5 rings (SSSR count). The predicted octanol–water partition coefficient (Wildman–Crippen LogP) is 6.33. The van der Waals surface area contributed by atoms with Gasteiger partial charge in [0.1, 0.15) is 28.6 Å². The molecular formula is C28H28N4OS. The predicted molar refractivity (Wildman–Crippen MR) is 138 cm³/mol. The monoisotopic (exact) mass is 468 g/mol. The highest BCUT2D eigenvalue weighted by Gasteiger charge is 2.46. The van der Waals surface area contributed by atoms with E-state index < -0.39 is 0 Å². The van der Waals surface area contributed by atoms with Gasteiger partial charge in [-0.05, 0) is 67.5 Å². The van der Waals surface area contributed by atoms with Gasteiger partial charge >= 0.3 is 0 Å². The third-order valence-electron chi connectivity index (χ3n) is 6.62. The van der Waals surface area contributed by atoms with E-state index >= 15 is 0 Å². The van der Waals surface area contributed by atoms with Gasteiger partial charge < -0.3 is 4.74 Å². The van der Waals surface area contributed by atoms with Gasteiger partial charge in [-0.1, -0.05) is 54.1 Å². The van der Waals surface area contributed by atoms with Crippen LogP contribution in [0.15, 0.2) is 77.9 Å². The Bertz CT molecular complexity index is 1240. The highest BCUT2D eigenvalue weighted by Crippen LogP contribution is 2.44. The summed E-state index contributed by atoms with van der Waals surface area (Å²) in [6, 6.07) is 27.4. The number of hydrogen-bond acceptors (Lipinski definition) is 6. The average Bonchev–Trinajstić information content (AvgIpc) is 3.22. The van der Waals surface area contributed by atoms with Gasteiger partial charge in [0.25, 0.3) is 0 Å². The first-order chi connectivity index (χ1) is 16.6. The van der Waals surface area contributed by atoms with Crippen molar-refractivity contribution < 1.29 is 4.74 Å². The van der Waals surface area contributed by atoms with Gasteiger partial charge in [-0.2, -0.15) is 10.4 Å². The summed E-state index contributed by atoms with van der Waals surface area (Å²) < 4.78 is 5.98. The van der Waals surface area contributed by atoms with E-state index in [1.807, 2.05) is 48.7 Å². The van der Waals surface area contributed by atoms with E-state index in [0.29, 0.717) is 0 Å². The average molecular weight is 469 g/mol. The molecule has 34 heavy (non-hydrogen) atoms. The number of hydrogen-bond donors (Lipinski definition) is 1. The van der Waals surface area contributed by atoms with Crippen LogP contribution in [-0.2, 0) is 0 Å². The molecule has 0 bridgehead atoms. The van der Waals surface area contributed by atoms with E-state index in [0.717, 1.165) is 23.0 Å². The van der Waals surface area contributed by atoms with Crippen LogP contribution in [0.5, 0.6) is 11.5 Å². The maximum Gasteiger partial charge on any atom is 0.131 e. The summed E-state index contributed by atoms with van der Waals surface area (Å²) in [4.78, 5) is 0. The van der Waals surface area contributed by atoms with Crippen molar-refractivity contribution in [3.05, 3.63) is 95.1 Å². The van der Waals surface area contributed by atoms with E-state index in [9.17, 15) is 5.26 Å². The number of hydrazone groups is 1. The zero-order chi connectivity index (χ0) is 23.7. The third kappa shape index (κ3) is 4.29. The van der Waals surface area contributed by atoms with E-state index in [2.05, 4.69) is 60.6 Å². The summed E-state index contributed by atoms with van der Waals surface area (Å²) in [7, 11) is 0. The molecule has 1 fully saturated rings. The van der Waals surface area contributed by atoms with Gasteiger partial charge in [0.15, 0.2) is 0 Å². The van der Waals surface area contributed by atoms with Crippen LogP contribution in [0.25, 0.3) is 0 Å². The van der Waals surface area contributed by atoms with Crippen molar-refractivity contribution in [1.82, 2.24) is 10.3 Å². The number of para-hydroxylation sites is 1. The second kappa shape index (κ2) is 9.54. The summed E-state index contributed by atoms with van der Waals surface area (Å²) in [5.74, 6) is 1.34. The molecule has 2 heterocycles. The van der Waals surface area contributed by atoms with Crippen LogP contribution in [0.1, 0.15) is 40.8 Å².